The lowest BCUT2D eigenvalue weighted by Gasteiger charge is -2.43. The summed E-state index contributed by atoms with van der Waals surface area (Å²) in [6.07, 6.45) is -7.82. The van der Waals surface area contributed by atoms with E-state index in [-0.39, 0.29) is 19.1 Å². The van der Waals surface area contributed by atoms with Gasteiger partial charge >= 0.3 is 0 Å². The van der Waals surface area contributed by atoms with E-state index in [1.54, 1.807) is 6.92 Å². The molecule has 2 heterocycles. The van der Waals surface area contributed by atoms with Crippen LogP contribution in [0, 0.1) is 5.92 Å². The molecule has 0 saturated carbocycles. The molecule has 2 fully saturated rings. The zero-order chi connectivity index (χ0) is 17.3. The Balaban J connectivity index is 1.94. The minimum absolute atomic E-state index is 0.250. The quantitative estimate of drug-likeness (QED) is 0.265. The van der Waals surface area contributed by atoms with Crippen molar-refractivity contribution in [2.24, 2.45) is 17.4 Å². The molecule has 0 aromatic carbocycles. The van der Waals surface area contributed by atoms with Crippen LogP contribution in [0.25, 0.3) is 0 Å². The molecule has 0 aliphatic carbocycles. The lowest BCUT2D eigenvalue weighted by atomic mass is 9.90. The maximum absolute atomic E-state index is 10.1. The molecule has 10 unspecified atom stereocenters. The fourth-order valence-electron chi connectivity index (χ4n) is 2.77. The average Bonchev–Trinajstić information content (AvgIpc) is 2.54. The SMILES string of the molecule is CC1C(CO)OC(OCC2OC(O)C(N)C(O)C2O)C(N)C1O. The van der Waals surface area contributed by atoms with E-state index >= 15 is 0 Å². The van der Waals surface area contributed by atoms with Gasteiger partial charge in [-0.1, -0.05) is 6.92 Å². The first-order valence-corrected chi connectivity index (χ1v) is 7.54. The molecule has 9 N–H and O–H groups in total. The summed E-state index contributed by atoms with van der Waals surface area (Å²) >= 11 is 0. The second-order valence-corrected chi connectivity index (χ2v) is 6.11. The lowest BCUT2D eigenvalue weighted by molar-refractivity contribution is -0.287. The van der Waals surface area contributed by atoms with Crippen LogP contribution in [-0.4, -0.2) is 93.9 Å². The van der Waals surface area contributed by atoms with Gasteiger partial charge in [-0.05, 0) is 0 Å². The Labute approximate surface area is 133 Å². The summed E-state index contributed by atoms with van der Waals surface area (Å²) in [6, 6.07) is -1.98. The van der Waals surface area contributed by atoms with Crippen LogP contribution in [0.2, 0.25) is 0 Å². The normalized spacial score (nSPS) is 51.7. The molecule has 0 radical (unpaired) electrons. The van der Waals surface area contributed by atoms with Gasteiger partial charge in [-0.3, -0.25) is 0 Å². The highest BCUT2D eigenvalue weighted by molar-refractivity contribution is 4.92. The predicted octanol–water partition coefficient (Wildman–Crippen LogP) is -4.19. The third kappa shape index (κ3) is 3.82. The van der Waals surface area contributed by atoms with Crippen molar-refractivity contribution >= 4 is 0 Å². The van der Waals surface area contributed by atoms with Crippen molar-refractivity contribution in [3.05, 3.63) is 0 Å². The molecule has 2 saturated heterocycles. The van der Waals surface area contributed by atoms with Gasteiger partial charge in [0.2, 0.25) is 0 Å². The number of aliphatic hydroxyl groups excluding tert-OH is 5. The fourth-order valence-corrected chi connectivity index (χ4v) is 2.77. The van der Waals surface area contributed by atoms with E-state index in [4.69, 9.17) is 25.7 Å². The van der Waals surface area contributed by atoms with Crippen LogP contribution in [0.4, 0.5) is 0 Å². The summed E-state index contributed by atoms with van der Waals surface area (Å²) in [5, 5.41) is 48.5. The third-order valence-corrected chi connectivity index (χ3v) is 4.52. The third-order valence-electron chi connectivity index (χ3n) is 4.52. The van der Waals surface area contributed by atoms with E-state index in [9.17, 15) is 25.5 Å². The van der Waals surface area contributed by atoms with Gasteiger partial charge in [-0.2, -0.15) is 0 Å². The molecule has 0 spiro atoms. The summed E-state index contributed by atoms with van der Waals surface area (Å²) in [6.45, 7) is 1.14. The van der Waals surface area contributed by atoms with E-state index in [0.717, 1.165) is 0 Å². The molecule has 10 heteroatoms. The topological polar surface area (TPSA) is 181 Å². The highest BCUT2D eigenvalue weighted by Gasteiger charge is 2.45. The zero-order valence-electron chi connectivity index (χ0n) is 12.8. The van der Waals surface area contributed by atoms with Crippen molar-refractivity contribution in [2.75, 3.05) is 13.2 Å². The molecule has 10 nitrogen and oxygen atoms in total. The molecule has 2 aliphatic rings. The van der Waals surface area contributed by atoms with Crippen molar-refractivity contribution in [3.8, 4) is 0 Å². The number of nitrogens with two attached hydrogens (primary N) is 2. The fraction of sp³-hybridized carbons (Fsp3) is 1.00. The van der Waals surface area contributed by atoms with Crippen molar-refractivity contribution in [1.82, 2.24) is 0 Å². The molecule has 0 amide bonds. The molecule has 2 aliphatic heterocycles. The Morgan fingerprint density at radius 2 is 1.57 bits per heavy atom. The van der Waals surface area contributed by atoms with Crippen LogP contribution in [0.15, 0.2) is 0 Å². The Morgan fingerprint density at radius 1 is 0.913 bits per heavy atom. The summed E-state index contributed by atoms with van der Waals surface area (Å²) in [5.41, 5.74) is 11.3. The minimum atomic E-state index is -1.45. The minimum Gasteiger partial charge on any atom is -0.394 e. The molecule has 2 rings (SSSR count). The molecule has 0 bridgehead atoms. The highest BCUT2D eigenvalue weighted by atomic mass is 16.7. The van der Waals surface area contributed by atoms with Crippen LogP contribution in [-0.2, 0) is 14.2 Å². The average molecular weight is 338 g/mol. The summed E-state index contributed by atoms with van der Waals surface area (Å²) in [4.78, 5) is 0. The number of rotatable bonds is 4. The first-order valence-electron chi connectivity index (χ1n) is 7.54. The Kier molecular flexibility index (Phi) is 6.30. The zero-order valence-corrected chi connectivity index (χ0v) is 12.8. The molecular formula is C13H26N2O8. The number of ether oxygens (including phenoxy) is 3. The second kappa shape index (κ2) is 7.66. The Bertz CT molecular complexity index is 387. The number of hydrogen-bond acceptors (Lipinski definition) is 10. The standard InChI is InChI=1S/C13H26N2O8/c1-4-5(2-16)23-13(8(15)9(4)17)21-3-6-10(18)11(19)7(14)12(20)22-6/h4-13,16-20H,2-3,14-15H2,1H3. The lowest BCUT2D eigenvalue weighted by Crippen LogP contribution is -2.63. The van der Waals surface area contributed by atoms with Crippen LogP contribution in [0.3, 0.4) is 0 Å². The summed E-state index contributed by atoms with van der Waals surface area (Å²) in [7, 11) is 0. The van der Waals surface area contributed by atoms with Gasteiger partial charge in [0, 0.05) is 5.92 Å². The van der Waals surface area contributed by atoms with Gasteiger partial charge in [0.15, 0.2) is 12.6 Å². The molecule has 0 aromatic rings. The van der Waals surface area contributed by atoms with Crippen molar-refractivity contribution in [1.29, 1.82) is 0 Å². The molecule has 10 atom stereocenters. The van der Waals surface area contributed by atoms with Gasteiger partial charge in [-0.15, -0.1) is 0 Å². The van der Waals surface area contributed by atoms with Crippen LogP contribution in [0.5, 0.6) is 0 Å². The van der Waals surface area contributed by atoms with Crippen molar-refractivity contribution < 1.29 is 39.7 Å². The highest BCUT2D eigenvalue weighted by Crippen LogP contribution is 2.26. The summed E-state index contributed by atoms with van der Waals surface area (Å²) in [5.74, 6) is -0.368. The predicted molar refractivity (Wildman–Crippen MR) is 75.7 cm³/mol. The number of aliphatic hydroxyl groups is 5. The second-order valence-electron chi connectivity index (χ2n) is 6.11. The smallest absolute Gasteiger partial charge is 0.175 e. The van der Waals surface area contributed by atoms with E-state index in [1.807, 2.05) is 0 Å². The largest absolute Gasteiger partial charge is 0.394 e. The summed E-state index contributed by atoms with van der Waals surface area (Å²) < 4.78 is 16.0. The van der Waals surface area contributed by atoms with Crippen molar-refractivity contribution in [3.63, 3.8) is 0 Å². The van der Waals surface area contributed by atoms with Crippen LogP contribution >= 0.6 is 0 Å². The van der Waals surface area contributed by atoms with Gasteiger partial charge in [0.05, 0.1) is 37.5 Å². The van der Waals surface area contributed by atoms with Gasteiger partial charge in [0.25, 0.3) is 0 Å². The van der Waals surface area contributed by atoms with Crippen molar-refractivity contribution in [2.45, 2.75) is 62.1 Å². The monoisotopic (exact) mass is 338 g/mol. The molecule has 136 valence electrons. The first-order chi connectivity index (χ1) is 10.8. The molecule has 0 aromatic heterocycles. The Morgan fingerprint density at radius 3 is 2.17 bits per heavy atom. The van der Waals surface area contributed by atoms with Gasteiger partial charge < -0.3 is 51.2 Å². The van der Waals surface area contributed by atoms with E-state index in [0.29, 0.717) is 0 Å². The van der Waals surface area contributed by atoms with Gasteiger partial charge in [-0.25, -0.2) is 0 Å². The molecular weight excluding hydrogens is 312 g/mol. The van der Waals surface area contributed by atoms with Gasteiger partial charge in [0.1, 0.15) is 18.3 Å². The van der Waals surface area contributed by atoms with Crippen LogP contribution in [0.1, 0.15) is 6.92 Å². The van der Waals surface area contributed by atoms with Crippen LogP contribution < -0.4 is 11.5 Å². The van der Waals surface area contributed by atoms with E-state index in [2.05, 4.69) is 0 Å². The van der Waals surface area contributed by atoms with E-state index in [1.165, 1.54) is 0 Å². The van der Waals surface area contributed by atoms with E-state index < -0.39 is 55.2 Å². The maximum atomic E-state index is 10.1. The molecule has 23 heavy (non-hydrogen) atoms. The number of hydrogen-bond donors (Lipinski definition) is 7. The maximum Gasteiger partial charge on any atom is 0.175 e. The Hall–Kier alpha value is -0.400. The first kappa shape index (κ1) is 18.9.